The first-order valence-corrected chi connectivity index (χ1v) is 9.97. The van der Waals surface area contributed by atoms with Crippen molar-refractivity contribution in [1.29, 1.82) is 0 Å². The van der Waals surface area contributed by atoms with Crippen LogP contribution in [-0.4, -0.2) is 16.7 Å². The largest absolute Gasteiger partial charge is 0.416 e. The van der Waals surface area contributed by atoms with Gasteiger partial charge in [0.25, 0.3) is 11.8 Å². The maximum atomic E-state index is 13.2. The number of amides is 2. The first kappa shape index (κ1) is 21.6. The topological polar surface area (TPSA) is 49.4 Å². The third kappa shape index (κ3) is 4.24. The zero-order chi connectivity index (χ0) is 22.9. The van der Waals surface area contributed by atoms with Gasteiger partial charge >= 0.3 is 6.18 Å². The number of carbonyl (C=O) groups is 2. The van der Waals surface area contributed by atoms with Crippen LogP contribution in [0.15, 0.2) is 84.6 Å². The molecular weight excluding hydrogens is 441 g/mol. The predicted molar refractivity (Wildman–Crippen MR) is 115 cm³/mol. The van der Waals surface area contributed by atoms with Gasteiger partial charge in [-0.15, -0.1) is 0 Å². The Morgan fingerprint density at radius 1 is 0.844 bits per heavy atom. The normalized spacial score (nSPS) is 14.3. The van der Waals surface area contributed by atoms with Gasteiger partial charge in [-0.05, 0) is 35.4 Å². The fourth-order valence-electron chi connectivity index (χ4n) is 3.42. The van der Waals surface area contributed by atoms with E-state index in [0.29, 0.717) is 16.1 Å². The van der Waals surface area contributed by atoms with E-state index >= 15 is 0 Å². The second-order valence-electron chi connectivity index (χ2n) is 7.11. The van der Waals surface area contributed by atoms with Crippen molar-refractivity contribution in [3.8, 4) is 0 Å². The lowest BCUT2D eigenvalue weighted by Crippen LogP contribution is -2.32. The molecule has 1 heterocycles. The zero-order valence-electron chi connectivity index (χ0n) is 16.5. The van der Waals surface area contributed by atoms with E-state index in [2.05, 4.69) is 5.32 Å². The lowest BCUT2D eigenvalue weighted by atomic mass is 10.0. The molecule has 0 bridgehead atoms. The number of carbonyl (C=O) groups excluding carboxylic acids is 2. The van der Waals surface area contributed by atoms with Gasteiger partial charge in [-0.25, -0.2) is 0 Å². The molecule has 162 valence electrons. The highest BCUT2D eigenvalue weighted by atomic mass is 35.5. The summed E-state index contributed by atoms with van der Waals surface area (Å²) in [7, 11) is 0. The van der Waals surface area contributed by atoms with Crippen LogP contribution in [0.25, 0.3) is 5.57 Å². The molecule has 0 saturated heterocycles. The maximum Gasteiger partial charge on any atom is 0.416 e. The van der Waals surface area contributed by atoms with Crippen molar-refractivity contribution in [1.82, 2.24) is 4.90 Å². The summed E-state index contributed by atoms with van der Waals surface area (Å²) in [6.07, 6.45) is -4.54. The quantitative estimate of drug-likeness (QED) is 0.497. The minimum atomic E-state index is -4.54. The summed E-state index contributed by atoms with van der Waals surface area (Å²) < 4.78 is 39.4. The van der Waals surface area contributed by atoms with E-state index in [4.69, 9.17) is 11.6 Å². The summed E-state index contributed by atoms with van der Waals surface area (Å²) in [6, 6.07) is 19.8. The molecule has 0 aliphatic carbocycles. The highest BCUT2D eigenvalue weighted by Gasteiger charge is 2.39. The van der Waals surface area contributed by atoms with Crippen LogP contribution in [0.3, 0.4) is 0 Å². The van der Waals surface area contributed by atoms with Gasteiger partial charge in [0.05, 0.1) is 17.7 Å². The molecule has 4 rings (SSSR count). The number of nitrogens with zero attached hydrogens (tertiary/aromatic N) is 1. The summed E-state index contributed by atoms with van der Waals surface area (Å²) in [5.74, 6) is -1.21. The lowest BCUT2D eigenvalue weighted by Gasteiger charge is -2.16. The molecule has 0 saturated carbocycles. The smallest absolute Gasteiger partial charge is 0.350 e. The number of hydrogen-bond donors (Lipinski definition) is 1. The fraction of sp³-hybridized carbons (Fsp3) is 0.0833. The summed E-state index contributed by atoms with van der Waals surface area (Å²) in [5.41, 5.74) is 0.219. The molecule has 1 N–H and O–H groups in total. The Morgan fingerprint density at radius 3 is 2.22 bits per heavy atom. The minimum Gasteiger partial charge on any atom is -0.350 e. The van der Waals surface area contributed by atoms with E-state index in [9.17, 15) is 22.8 Å². The van der Waals surface area contributed by atoms with Gasteiger partial charge in [-0.2, -0.15) is 13.2 Å². The van der Waals surface area contributed by atoms with Gasteiger partial charge in [0.1, 0.15) is 5.70 Å². The number of hydrogen-bond acceptors (Lipinski definition) is 3. The van der Waals surface area contributed by atoms with Crippen molar-refractivity contribution >= 4 is 34.7 Å². The Labute approximate surface area is 186 Å². The third-order valence-corrected chi connectivity index (χ3v) is 5.34. The van der Waals surface area contributed by atoms with Crippen LogP contribution in [0.2, 0.25) is 5.02 Å². The Morgan fingerprint density at radius 2 is 1.53 bits per heavy atom. The van der Waals surface area contributed by atoms with Crippen molar-refractivity contribution in [3.63, 3.8) is 0 Å². The number of rotatable bonds is 5. The van der Waals surface area contributed by atoms with Crippen molar-refractivity contribution in [3.05, 3.63) is 106 Å². The van der Waals surface area contributed by atoms with Gasteiger partial charge in [-0.3, -0.25) is 14.5 Å². The van der Waals surface area contributed by atoms with Gasteiger partial charge in [-0.1, -0.05) is 66.2 Å². The summed E-state index contributed by atoms with van der Waals surface area (Å²) >= 11 is 6.19. The Kier molecular flexibility index (Phi) is 5.76. The first-order valence-electron chi connectivity index (χ1n) is 9.59. The van der Waals surface area contributed by atoms with Gasteiger partial charge in [0.15, 0.2) is 0 Å². The molecule has 1 aliphatic rings. The lowest BCUT2D eigenvalue weighted by molar-refractivity contribution is -0.138. The number of benzene rings is 3. The molecule has 2 amide bonds. The molecule has 0 spiro atoms. The zero-order valence-corrected chi connectivity index (χ0v) is 17.2. The average Bonchev–Trinajstić information content (AvgIpc) is 2.99. The SMILES string of the molecule is O=C1C(Nc2cccc(C(F)(F)F)c2)=C(c2ccccc2)C(=O)N1Cc1ccccc1Cl. The molecule has 3 aromatic carbocycles. The second-order valence-corrected chi connectivity index (χ2v) is 7.51. The second kappa shape index (κ2) is 8.51. The minimum absolute atomic E-state index is 0.0454. The predicted octanol–water partition coefficient (Wildman–Crippen LogP) is 5.75. The van der Waals surface area contributed by atoms with E-state index in [0.717, 1.165) is 17.0 Å². The number of anilines is 1. The average molecular weight is 457 g/mol. The van der Waals surface area contributed by atoms with Crippen molar-refractivity contribution < 1.29 is 22.8 Å². The molecule has 32 heavy (non-hydrogen) atoms. The Hall–Kier alpha value is -3.58. The number of halogens is 4. The van der Waals surface area contributed by atoms with Crippen LogP contribution in [0.4, 0.5) is 18.9 Å². The molecule has 1 aliphatic heterocycles. The van der Waals surface area contributed by atoms with Crippen LogP contribution in [0, 0.1) is 0 Å². The molecular formula is C24H16ClF3N2O2. The Balaban J connectivity index is 1.74. The standard InChI is InChI=1S/C24H16ClF3N2O2/c25-19-12-5-4-9-16(19)14-30-22(31)20(15-7-2-1-3-8-15)21(23(30)32)29-18-11-6-10-17(13-18)24(26,27)28/h1-13,29H,14H2. The van der Waals surface area contributed by atoms with Gasteiger partial charge in [0.2, 0.25) is 0 Å². The number of nitrogens with one attached hydrogen (secondary N) is 1. The van der Waals surface area contributed by atoms with E-state index < -0.39 is 23.6 Å². The third-order valence-electron chi connectivity index (χ3n) is 4.98. The maximum absolute atomic E-state index is 13.2. The Bertz CT molecular complexity index is 1220. The highest BCUT2D eigenvalue weighted by molar-refractivity contribution is 6.36. The monoisotopic (exact) mass is 456 g/mol. The number of alkyl halides is 3. The van der Waals surface area contributed by atoms with Crippen molar-refractivity contribution in [2.75, 3.05) is 5.32 Å². The van der Waals surface area contributed by atoms with Crippen LogP contribution >= 0.6 is 11.6 Å². The molecule has 0 aromatic heterocycles. The van der Waals surface area contributed by atoms with Gasteiger partial charge < -0.3 is 5.32 Å². The summed E-state index contributed by atoms with van der Waals surface area (Å²) in [5, 5.41) is 3.14. The van der Waals surface area contributed by atoms with E-state index in [1.807, 2.05) is 0 Å². The van der Waals surface area contributed by atoms with E-state index in [1.54, 1.807) is 54.6 Å². The molecule has 0 unspecified atom stereocenters. The summed E-state index contributed by atoms with van der Waals surface area (Å²) in [4.78, 5) is 27.5. The van der Waals surface area contributed by atoms with E-state index in [1.165, 1.54) is 12.1 Å². The van der Waals surface area contributed by atoms with Crippen molar-refractivity contribution in [2.45, 2.75) is 12.7 Å². The molecule has 3 aromatic rings. The molecule has 0 atom stereocenters. The molecule has 8 heteroatoms. The highest BCUT2D eigenvalue weighted by Crippen LogP contribution is 2.34. The molecule has 0 fully saturated rings. The van der Waals surface area contributed by atoms with Crippen molar-refractivity contribution in [2.24, 2.45) is 0 Å². The van der Waals surface area contributed by atoms with Crippen LogP contribution in [-0.2, 0) is 22.3 Å². The fourth-order valence-corrected chi connectivity index (χ4v) is 3.62. The number of imide groups is 1. The molecule has 0 radical (unpaired) electrons. The van der Waals surface area contributed by atoms with Crippen LogP contribution < -0.4 is 5.32 Å². The van der Waals surface area contributed by atoms with Crippen LogP contribution in [0.5, 0.6) is 0 Å². The first-order chi connectivity index (χ1) is 15.3. The van der Waals surface area contributed by atoms with E-state index in [-0.39, 0.29) is 23.5 Å². The van der Waals surface area contributed by atoms with Gasteiger partial charge in [0, 0.05) is 10.7 Å². The van der Waals surface area contributed by atoms with Crippen LogP contribution in [0.1, 0.15) is 16.7 Å². The molecule has 4 nitrogen and oxygen atoms in total. The summed E-state index contributed by atoms with van der Waals surface area (Å²) in [6.45, 7) is -0.0680.